The lowest BCUT2D eigenvalue weighted by atomic mass is 9.53. The SMILES string of the molecule is CCOC1=CC2=CC[C@H]3C4CCC(=O)[C@@]4(C)CC[C@@H]3[C@H]2CC1. The van der Waals surface area contributed by atoms with Crippen LogP contribution in [0, 0.1) is 29.1 Å². The number of ether oxygens (including phenoxy) is 1. The van der Waals surface area contributed by atoms with Crippen molar-refractivity contribution in [3.8, 4) is 0 Å². The van der Waals surface area contributed by atoms with E-state index in [0.717, 1.165) is 50.0 Å². The Kier molecular flexibility index (Phi) is 3.47. The zero-order valence-corrected chi connectivity index (χ0v) is 13.9. The van der Waals surface area contributed by atoms with Crippen LogP contribution >= 0.6 is 0 Å². The van der Waals surface area contributed by atoms with Gasteiger partial charge in [0, 0.05) is 18.3 Å². The standard InChI is InChI=1S/C20H28O2/c1-3-22-14-5-7-15-13(12-14)4-6-17-16(15)10-11-20(2)18(17)8-9-19(20)21/h4,12,15-18H,3,5-11H2,1-2H3/t15-,16+,17+,18?,20-/m0/s1. The summed E-state index contributed by atoms with van der Waals surface area (Å²) in [5.41, 5.74) is 1.54. The predicted molar refractivity (Wildman–Crippen MR) is 87.2 cm³/mol. The van der Waals surface area contributed by atoms with E-state index >= 15 is 0 Å². The molecule has 0 bridgehead atoms. The molecule has 120 valence electrons. The third kappa shape index (κ3) is 2.02. The van der Waals surface area contributed by atoms with Crippen molar-refractivity contribution >= 4 is 5.78 Å². The summed E-state index contributed by atoms with van der Waals surface area (Å²) in [6.45, 7) is 5.10. The van der Waals surface area contributed by atoms with E-state index in [9.17, 15) is 4.79 Å². The van der Waals surface area contributed by atoms with Gasteiger partial charge in [0.1, 0.15) is 5.78 Å². The molecule has 0 saturated heterocycles. The minimum Gasteiger partial charge on any atom is -0.498 e. The van der Waals surface area contributed by atoms with Gasteiger partial charge in [0.2, 0.25) is 0 Å². The molecule has 2 heteroatoms. The molecule has 0 aromatic carbocycles. The highest BCUT2D eigenvalue weighted by atomic mass is 16.5. The average molecular weight is 300 g/mol. The Morgan fingerprint density at radius 1 is 1.23 bits per heavy atom. The lowest BCUT2D eigenvalue weighted by molar-refractivity contribution is -0.130. The van der Waals surface area contributed by atoms with Gasteiger partial charge < -0.3 is 4.74 Å². The van der Waals surface area contributed by atoms with Crippen LogP contribution < -0.4 is 0 Å². The molecule has 0 aromatic rings. The topological polar surface area (TPSA) is 26.3 Å². The molecule has 4 rings (SSSR count). The second-order valence-corrected chi connectivity index (χ2v) is 7.98. The summed E-state index contributed by atoms with van der Waals surface area (Å²) >= 11 is 0. The molecule has 0 amide bonds. The minimum absolute atomic E-state index is 0.00744. The second-order valence-electron chi connectivity index (χ2n) is 7.98. The van der Waals surface area contributed by atoms with Crippen LogP contribution in [-0.4, -0.2) is 12.4 Å². The molecular formula is C20H28O2. The first-order chi connectivity index (χ1) is 10.6. The van der Waals surface area contributed by atoms with Gasteiger partial charge in [-0.15, -0.1) is 0 Å². The summed E-state index contributed by atoms with van der Waals surface area (Å²) in [5.74, 6) is 4.66. The Morgan fingerprint density at radius 3 is 2.91 bits per heavy atom. The Morgan fingerprint density at radius 2 is 2.09 bits per heavy atom. The van der Waals surface area contributed by atoms with Crippen LogP contribution in [0.25, 0.3) is 0 Å². The van der Waals surface area contributed by atoms with E-state index in [4.69, 9.17) is 4.74 Å². The van der Waals surface area contributed by atoms with Gasteiger partial charge in [0.05, 0.1) is 12.4 Å². The number of carbonyl (C=O) groups is 1. The number of hydrogen-bond acceptors (Lipinski definition) is 2. The second kappa shape index (κ2) is 5.25. The van der Waals surface area contributed by atoms with Gasteiger partial charge in [-0.1, -0.05) is 13.0 Å². The lowest BCUT2D eigenvalue weighted by Crippen LogP contribution is -2.45. The average Bonchev–Trinajstić information content (AvgIpc) is 2.83. The predicted octanol–water partition coefficient (Wildman–Crippen LogP) is 4.66. The molecule has 0 spiro atoms. The van der Waals surface area contributed by atoms with Crippen molar-refractivity contribution in [2.45, 2.75) is 58.8 Å². The van der Waals surface area contributed by atoms with Crippen LogP contribution in [0.3, 0.4) is 0 Å². The molecule has 0 aliphatic heterocycles. The van der Waals surface area contributed by atoms with Crippen molar-refractivity contribution in [2.75, 3.05) is 6.61 Å². The number of carbonyl (C=O) groups excluding carboxylic acids is 1. The van der Waals surface area contributed by atoms with Crippen molar-refractivity contribution in [1.82, 2.24) is 0 Å². The minimum atomic E-state index is 0.00744. The van der Waals surface area contributed by atoms with E-state index in [0.29, 0.717) is 11.7 Å². The molecule has 2 nitrogen and oxygen atoms in total. The van der Waals surface area contributed by atoms with Gasteiger partial charge in [-0.25, -0.2) is 0 Å². The summed E-state index contributed by atoms with van der Waals surface area (Å²) in [6.07, 6.45) is 12.7. The van der Waals surface area contributed by atoms with Crippen LogP contribution in [0.15, 0.2) is 23.5 Å². The maximum atomic E-state index is 12.4. The van der Waals surface area contributed by atoms with E-state index in [1.807, 2.05) is 0 Å². The fourth-order valence-electron chi connectivity index (χ4n) is 6.00. The van der Waals surface area contributed by atoms with Crippen molar-refractivity contribution in [3.05, 3.63) is 23.5 Å². The van der Waals surface area contributed by atoms with E-state index in [1.54, 1.807) is 0 Å². The van der Waals surface area contributed by atoms with Crippen molar-refractivity contribution in [3.63, 3.8) is 0 Å². The Bertz CT molecular complexity index is 544. The first-order valence-electron chi connectivity index (χ1n) is 9.20. The zero-order chi connectivity index (χ0) is 15.3. The Balaban J connectivity index is 1.61. The normalized spacial score (nSPS) is 43.6. The quantitative estimate of drug-likeness (QED) is 0.741. The summed E-state index contributed by atoms with van der Waals surface area (Å²) in [4.78, 5) is 12.4. The molecule has 2 fully saturated rings. The molecule has 0 N–H and O–H groups in total. The van der Waals surface area contributed by atoms with Crippen LogP contribution in [0.2, 0.25) is 0 Å². The molecule has 22 heavy (non-hydrogen) atoms. The maximum Gasteiger partial charge on any atom is 0.139 e. The van der Waals surface area contributed by atoms with E-state index in [-0.39, 0.29) is 5.41 Å². The fraction of sp³-hybridized carbons (Fsp3) is 0.750. The van der Waals surface area contributed by atoms with Gasteiger partial charge in [0.25, 0.3) is 0 Å². The summed E-state index contributed by atoms with van der Waals surface area (Å²) in [7, 11) is 0. The van der Waals surface area contributed by atoms with Crippen LogP contribution in [0.4, 0.5) is 0 Å². The summed E-state index contributed by atoms with van der Waals surface area (Å²) < 4.78 is 5.74. The summed E-state index contributed by atoms with van der Waals surface area (Å²) in [5, 5.41) is 0. The molecule has 5 atom stereocenters. The van der Waals surface area contributed by atoms with Crippen LogP contribution in [-0.2, 0) is 9.53 Å². The zero-order valence-electron chi connectivity index (χ0n) is 13.9. The third-order valence-electron chi connectivity index (χ3n) is 7.13. The fourth-order valence-corrected chi connectivity index (χ4v) is 6.00. The highest BCUT2D eigenvalue weighted by Crippen LogP contribution is 2.59. The number of hydrogen-bond donors (Lipinski definition) is 0. The molecule has 1 unspecified atom stereocenters. The first kappa shape index (κ1) is 14.5. The Labute approximate surface area is 134 Å². The highest BCUT2D eigenvalue weighted by molar-refractivity contribution is 5.87. The number of allylic oxidation sites excluding steroid dienone is 4. The van der Waals surface area contributed by atoms with Gasteiger partial charge in [-0.2, -0.15) is 0 Å². The third-order valence-corrected chi connectivity index (χ3v) is 7.13. The smallest absolute Gasteiger partial charge is 0.139 e. The Hall–Kier alpha value is -1.05. The molecule has 4 aliphatic carbocycles. The van der Waals surface area contributed by atoms with Crippen LogP contribution in [0.1, 0.15) is 58.8 Å². The van der Waals surface area contributed by atoms with Crippen LogP contribution in [0.5, 0.6) is 0 Å². The van der Waals surface area contributed by atoms with E-state index in [2.05, 4.69) is 26.0 Å². The largest absolute Gasteiger partial charge is 0.498 e. The van der Waals surface area contributed by atoms with Gasteiger partial charge in [-0.05, 0) is 74.3 Å². The molecule has 0 radical (unpaired) electrons. The van der Waals surface area contributed by atoms with Crippen molar-refractivity contribution < 1.29 is 9.53 Å². The van der Waals surface area contributed by atoms with Gasteiger partial charge in [-0.3, -0.25) is 4.79 Å². The number of fused-ring (bicyclic) bond motifs is 5. The molecule has 0 heterocycles. The monoisotopic (exact) mass is 300 g/mol. The van der Waals surface area contributed by atoms with E-state index < -0.39 is 0 Å². The molecular weight excluding hydrogens is 272 g/mol. The van der Waals surface area contributed by atoms with E-state index in [1.165, 1.54) is 30.6 Å². The molecule has 0 aromatic heterocycles. The number of ketones is 1. The van der Waals surface area contributed by atoms with Crippen molar-refractivity contribution in [1.29, 1.82) is 0 Å². The number of rotatable bonds is 2. The molecule has 4 aliphatic rings. The summed E-state index contributed by atoms with van der Waals surface area (Å²) in [6, 6.07) is 0. The maximum absolute atomic E-state index is 12.4. The molecule has 2 saturated carbocycles. The van der Waals surface area contributed by atoms with Crippen molar-refractivity contribution in [2.24, 2.45) is 29.1 Å². The lowest BCUT2D eigenvalue weighted by Gasteiger charge is -2.50. The van der Waals surface area contributed by atoms with Gasteiger partial charge >= 0.3 is 0 Å². The highest BCUT2D eigenvalue weighted by Gasteiger charge is 2.55. The van der Waals surface area contributed by atoms with Gasteiger partial charge in [0.15, 0.2) is 0 Å². The first-order valence-corrected chi connectivity index (χ1v) is 9.20. The number of Topliss-reactive ketones (excluding diaryl/α,β-unsaturated/α-hetero) is 1.